The summed E-state index contributed by atoms with van der Waals surface area (Å²) in [6, 6.07) is 0. The molecule has 0 spiro atoms. The summed E-state index contributed by atoms with van der Waals surface area (Å²) in [5, 5.41) is 0. The molecule has 0 aromatic carbocycles. The Labute approximate surface area is 136 Å². The van der Waals surface area contributed by atoms with Crippen LogP contribution in [0.25, 0.3) is 0 Å². The van der Waals surface area contributed by atoms with Crippen molar-refractivity contribution in [1.82, 2.24) is 0 Å². The first-order valence-electron chi connectivity index (χ1n) is 8.36. The van der Waals surface area contributed by atoms with Gasteiger partial charge in [0.2, 0.25) is 0 Å². The fraction of sp³-hybridized carbons (Fsp3) is 0.765. The standard InChI is InChI=1S/C17H26O6/c1-4-8-12(18)14-11(9-7-10-13(14)19)15(16(20)22-5-2)17(21)23-6-3/h11,14-15H,4-10H2,1-3H3. The lowest BCUT2D eigenvalue weighted by Gasteiger charge is -2.33. The highest BCUT2D eigenvalue weighted by Crippen LogP contribution is 2.36. The Bertz CT molecular complexity index is 438. The Balaban J connectivity index is 3.12. The zero-order valence-corrected chi connectivity index (χ0v) is 14.1. The van der Waals surface area contributed by atoms with Crippen LogP contribution in [0.15, 0.2) is 0 Å². The minimum Gasteiger partial charge on any atom is -0.465 e. The van der Waals surface area contributed by atoms with Crippen LogP contribution in [0.4, 0.5) is 0 Å². The van der Waals surface area contributed by atoms with Gasteiger partial charge in [0, 0.05) is 12.8 Å². The van der Waals surface area contributed by atoms with Crippen LogP contribution < -0.4 is 0 Å². The van der Waals surface area contributed by atoms with Crippen molar-refractivity contribution in [3.63, 3.8) is 0 Å². The number of carbonyl (C=O) groups is 4. The predicted octanol–water partition coefficient (Wildman–Crippen LogP) is 2.08. The average molecular weight is 326 g/mol. The van der Waals surface area contributed by atoms with Gasteiger partial charge in [0.05, 0.1) is 19.1 Å². The molecule has 0 saturated heterocycles. The van der Waals surface area contributed by atoms with E-state index < -0.39 is 29.7 Å². The molecule has 6 heteroatoms. The Morgan fingerprint density at radius 2 is 1.65 bits per heavy atom. The minimum atomic E-state index is -1.20. The van der Waals surface area contributed by atoms with Gasteiger partial charge in [-0.2, -0.15) is 0 Å². The Morgan fingerprint density at radius 3 is 2.13 bits per heavy atom. The van der Waals surface area contributed by atoms with Crippen LogP contribution >= 0.6 is 0 Å². The molecule has 2 unspecified atom stereocenters. The van der Waals surface area contributed by atoms with Gasteiger partial charge in [0.1, 0.15) is 11.6 Å². The Hall–Kier alpha value is -1.72. The van der Waals surface area contributed by atoms with Gasteiger partial charge < -0.3 is 9.47 Å². The fourth-order valence-electron chi connectivity index (χ4n) is 3.16. The van der Waals surface area contributed by atoms with Gasteiger partial charge in [-0.1, -0.05) is 6.92 Å². The lowest BCUT2D eigenvalue weighted by Crippen LogP contribution is -2.45. The average Bonchev–Trinajstić information content (AvgIpc) is 2.48. The highest BCUT2D eigenvalue weighted by molar-refractivity contribution is 6.05. The van der Waals surface area contributed by atoms with Crippen LogP contribution in [0.2, 0.25) is 0 Å². The first-order chi connectivity index (χ1) is 11.0. The van der Waals surface area contributed by atoms with Crippen LogP contribution in [-0.2, 0) is 28.7 Å². The largest absolute Gasteiger partial charge is 0.465 e. The third-order valence-corrected chi connectivity index (χ3v) is 4.09. The van der Waals surface area contributed by atoms with Crippen molar-refractivity contribution in [2.24, 2.45) is 17.8 Å². The molecule has 1 aliphatic carbocycles. The molecule has 6 nitrogen and oxygen atoms in total. The highest BCUT2D eigenvalue weighted by atomic mass is 16.6. The third kappa shape index (κ3) is 4.88. The molecule has 23 heavy (non-hydrogen) atoms. The van der Waals surface area contributed by atoms with Crippen molar-refractivity contribution in [3.05, 3.63) is 0 Å². The predicted molar refractivity (Wildman–Crippen MR) is 82.5 cm³/mol. The van der Waals surface area contributed by atoms with E-state index in [2.05, 4.69) is 0 Å². The molecule has 0 amide bonds. The zero-order chi connectivity index (χ0) is 17.4. The summed E-state index contributed by atoms with van der Waals surface area (Å²) in [6.07, 6.45) is 2.24. The van der Waals surface area contributed by atoms with Gasteiger partial charge >= 0.3 is 11.9 Å². The van der Waals surface area contributed by atoms with E-state index in [-0.39, 0.29) is 31.2 Å². The molecule has 2 atom stereocenters. The van der Waals surface area contributed by atoms with Crippen molar-refractivity contribution in [3.8, 4) is 0 Å². The van der Waals surface area contributed by atoms with Crippen LogP contribution in [0, 0.1) is 17.8 Å². The van der Waals surface area contributed by atoms with Crippen LogP contribution in [0.3, 0.4) is 0 Å². The number of hydrogen-bond donors (Lipinski definition) is 0. The van der Waals surface area contributed by atoms with Gasteiger partial charge in [-0.05, 0) is 39.0 Å². The zero-order valence-electron chi connectivity index (χ0n) is 14.1. The maximum Gasteiger partial charge on any atom is 0.320 e. The summed E-state index contributed by atoms with van der Waals surface area (Å²) in [5.41, 5.74) is 0. The second kappa shape index (κ2) is 9.43. The van der Waals surface area contributed by atoms with Gasteiger partial charge in [0.15, 0.2) is 5.92 Å². The molecular formula is C17H26O6. The fourth-order valence-corrected chi connectivity index (χ4v) is 3.16. The second-order valence-corrected chi connectivity index (χ2v) is 5.70. The van der Waals surface area contributed by atoms with Crippen molar-refractivity contribution >= 4 is 23.5 Å². The molecule has 0 aliphatic heterocycles. The summed E-state index contributed by atoms with van der Waals surface area (Å²) >= 11 is 0. The molecule has 130 valence electrons. The maximum atomic E-state index is 12.4. The smallest absolute Gasteiger partial charge is 0.320 e. The van der Waals surface area contributed by atoms with Gasteiger partial charge in [0.25, 0.3) is 0 Å². The first-order valence-corrected chi connectivity index (χ1v) is 8.36. The van der Waals surface area contributed by atoms with E-state index in [1.165, 1.54) is 0 Å². The Morgan fingerprint density at radius 1 is 1.09 bits per heavy atom. The van der Waals surface area contributed by atoms with Crippen molar-refractivity contribution in [2.45, 2.75) is 52.9 Å². The monoisotopic (exact) mass is 326 g/mol. The van der Waals surface area contributed by atoms with E-state index in [0.717, 1.165) is 0 Å². The summed E-state index contributed by atoms with van der Waals surface area (Å²) < 4.78 is 9.97. The van der Waals surface area contributed by atoms with Crippen LogP contribution in [0.1, 0.15) is 52.9 Å². The molecule has 1 rings (SSSR count). The molecule has 0 radical (unpaired) electrons. The van der Waals surface area contributed by atoms with E-state index >= 15 is 0 Å². The van der Waals surface area contributed by atoms with Crippen LogP contribution in [0.5, 0.6) is 0 Å². The van der Waals surface area contributed by atoms with E-state index in [4.69, 9.17) is 9.47 Å². The van der Waals surface area contributed by atoms with Gasteiger partial charge in [-0.3, -0.25) is 19.2 Å². The number of ether oxygens (including phenoxy) is 2. The number of ketones is 2. The quantitative estimate of drug-likeness (QED) is 0.501. The highest BCUT2D eigenvalue weighted by Gasteiger charge is 2.47. The molecule has 0 aromatic rings. The summed E-state index contributed by atoms with van der Waals surface area (Å²) in [6.45, 7) is 5.40. The number of Topliss-reactive ketones (excluding diaryl/α,β-unsaturated/α-hetero) is 2. The summed E-state index contributed by atoms with van der Waals surface area (Å²) in [7, 11) is 0. The van der Waals surface area contributed by atoms with Gasteiger partial charge in [-0.15, -0.1) is 0 Å². The first kappa shape index (κ1) is 19.3. The third-order valence-electron chi connectivity index (χ3n) is 4.09. The van der Waals surface area contributed by atoms with E-state index in [1.54, 1.807) is 13.8 Å². The number of hydrogen-bond acceptors (Lipinski definition) is 6. The number of rotatable bonds is 8. The topological polar surface area (TPSA) is 86.7 Å². The van der Waals surface area contributed by atoms with E-state index in [9.17, 15) is 19.2 Å². The molecule has 0 bridgehead atoms. The maximum absolute atomic E-state index is 12.4. The number of esters is 2. The molecule has 1 aliphatic rings. The molecule has 0 heterocycles. The molecule has 1 saturated carbocycles. The molecule has 0 N–H and O–H groups in total. The molecule has 0 aromatic heterocycles. The van der Waals surface area contributed by atoms with E-state index in [1.807, 2.05) is 6.92 Å². The summed E-state index contributed by atoms with van der Waals surface area (Å²) in [4.78, 5) is 49.1. The normalized spacial score (nSPS) is 21.1. The Kier molecular flexibility index (Phi) is 7.92. The van der Waals surface area contributed by atoms with Crippen molar-refractivity contribution in [1.29, 1.82) is 0 Å². The molecular weight excluding hydrogens is 300 g/mol. The van der Waals surface area contributed by atoms with Crippen LogP contribution in [-0.4, -0.2) is 36.7 Å². The van der Waals surface area contributed by atoms with Gasteiger partial charge in [-0.25, -0.2) is 0 Å². The molecule has 1 fully saturated rings. The lowest BCUT2D eigenvalue weighted by molar-refractivity contribution is -0.166. The lowest BCUT2D eigenvalue weighted by atomic mass is 9.69. The minimum absolute atomic E-state index is 0.128. The van der Waals surface area contributed by atoms with Crippen molar-refractivity contribution < 1.29 is 28.7 Å². The number of carbonyl (C=O) groups excluding carboxylic acids is 4. The summed E-state index contributed by atoms with van der Waals surface area (Å²) in [5.74, 6) is -4.56. The SMILES string of the molecule is CCCC(=O)C1C(=O)CCCC1C(C(=O)OCC)C(=O)OCC. The van der Waals surface area contributed by atoms with Crippen molar-refractivity contribution in [2.75, 3.05) is 13.2 Å². The second-order valence-electron chi connectivity index (χ2n) is 5.70. The van der Waals surface area contributed by atoms with E-state index in [0.29, 0.717) is 25.7 Å².